The van der Waals surface area contributed by atoms with E-state index in [1.54, 1.807) is 31.2 Å². The Kier molecular flexibility index (Phi) is 5.86. The molecule has 30 heavy (non-hydrogen) atoms. The summed E-state index contributed by atoms with van der Waals surface area (Å²) in [6, 6.07) is 4.75. The van der Waals surface area contributed by atoms with E-state index >= 15 is 0 Å². The quantitative estimate of drug-likeness (QED) is 0.464. The minimum atomic E-state index is -1.12. The molecule has 0 aliphatic carbocycles. The molecule has 2 aliphatic rings. The van der Waals surface area contributed by atoms with Gasteiger partial charge in [0.15, 0.2) is 23.1 Å². The molecule has 0 aromatic heterocycles. The molecule has 2 aromatic carbocycles. The molecule has 2 atom stereocenters. The highest BCUT2D eigenvalue weighted by atomic mass is 19.2. The zero-order chi connectivity index (χ0) is 21.3. The monoisotopic (exact) mass is 416 g/mol. The third kappa shape index (κ3) is 3.84. The van der Waals surface area contributed by atoms with Crippen LogP contribution in [0.1, 0.15) is 36.5 Å². The molecule has 0 bridgehead atoms. The number of ether oxygens (including phenoxy) is 3. The van der Waals surface area contributed by atoms with Crippen molar-refractivity contribution in [1.82, 2.24) is 0 Å². The summed E-state index contributed by atoms with van der Waals surface area (Å²) < 4.78 is 60.4. The van der Waals surface area contributed by atoms with Gasteiger partial charge in [-0.15, -0.1) is 6.58 Å². The number of benzene rings is 2. The average molecular weight is 416 g/mol. The van der Waals surface area contributed by atoms with E-state index in [0.717, 1.165) is 12.8 Å². The first-order valence-electron chi connectivity index (χ1n) is 10.1. The Balaban J connectivity index is 1.60. The van der Waals surface area contributed by atoms with Crippen LogP contribution in [-0.4, -0.2) is 19.3 Å². The summed E-state index contributed by atoms with van der Waals surface area (Å²) in [5.74, 6) is -3.10. The highest BCUT2D eigenvalue weighted by Gasteiger charge is 2.28. The van der Waals surface area contributed by atoms with Gasteiger partial charge in [-0.05, 0) is 31.9 Å². The van der Waals surface area contributed by atoms with E-state index in [1.807, 2.05) is 6.08 Å². The van der Waals surface area contributed by atoms with Gasteiger partial charge in [-0.3, -0.25) is 0 Å². The van der Waals surface area contributed by atoms with Crippen LogP contribution >= 0.6 is 0 Å². The summed E-state index contributed by atoms with van der Waals surface area (Å²) in [4.78, 5) is 0. The maximum atomic E-state index is 14.8. The van der Waals surface area contributed by atoms with E-state index in [-0.39, 0.29) is 47.9 Å². The van der Waals surface area contributed by atoms with E-state index in [2.05, 4.69) is 6.58 Å². The van der Waals surface area contributed by atoms with E-state index in [1.165, 1.54) is 6.07 Å². The van der Waals surface area contributed by atoms with Gasteiger partial charge in [-0.25, -0.2) is 4.39 Å². The maximum absolute atomic E-state index is 14.8. The molecule has 158 valence electrons. The summed E-state index contributed by atoms with van der Waals surface area (Å²) in [6.07, 6.45) is 7.22. The van der Waals surface area contributed by atoms with Gasteiger partial charge >= 0.3 is 0 Å². The molecule has 0 amide bonds. The lowest BCUT2D eigenvalue weighted by molar-refractivity contribution is 0.0248. The molecule has 2 unspecified atom stereocenters. The van der Waals surface area contributed by atoms with Crippen LogP contribution in [0.2, 0.25) is 0 Å². The standard InChI is InChI=1S/C24H23F3O3/c1-3-18-9-6-14(13-29-18)5-7-15-11-17-12-16-8-10-19(28-4-2)21(26)23(16)30-24(17)22(27)20(15)25/h3,5,7-8,10-11,14,18H,1,4,6,9,12-13H2,2H3/b7-5+. The molecular weight excluding hydrogens is 393 g/mol. The normalized spacial score (nSPS) is 20.4. The Morgan fingerprint density at radius 2 is 1.90 bits per heavy atom. The Labute approximate surface area is 173 Å². The van der Waals surface area contributed by atoms with Crippen molar-refractivity contribution in [2.45, 2.75) is 32.3 Å². The molecule has 0 saturated carbocycles. The summed E-state index contributed by atoms with van der Waals surface area (Å²) in [6.45, 7) is 6.25. The van der Waals surface area contributed by atoms with Crippen LogP contribution in [0.15, 0.2) is 36.9 Å². The fraction of sp³-hybridized carbons (Fsp3) is 0.333. The van der Waals surface area contributed by atoms with Gasteiger partial charge in [0.1, 0.15) is 0 Å². The molecule has 1 fully saturated rings. The Bertz CT molecular complexity index is 992. The fourth-order valence-electron chi connectivity index (χ4n) is 3.82. The second-order valence-corrected chi connectivity index (χ2v) is 7.46. The lowest BCUT2D eigenvalue weighted by atomic mass is 9.95. The molecule has 1 saturated heterocycles. The van der Waals surface area contributed by atoms with Gasteiger partial charge in [0.2, 0.25) is 11.6 Å². The van der Waals surface area contributed by atoms with Gasteiger partial charge in [0.25, 0.3) is 0 Å². The maximum Gasteiger partial charge on any atom is 0.207 e. The van der Waals surface area contributed by atoms with Crippen molar-refractivity contribution in [2.24, 2.45) is 5.92 Å². The van der Waals surface area contributed by atoms with E-state index in [9.17, 15) is 13.2 Å². The summed E-state index contributed by atoms with van der Waals surface area (Å²) >= 11 is 0. The number of hydrogen-bond acceptors (Lipinski definition) is 3. The van der Waals surface area contributed by atoms with Crippen LogP contribution in [-0.2, 0) is 11.2 Å². The zero-order valence-corrected chi connectivity index (χ0v) is 16.7. The third-order valence-electron chi connectivity index (χ3n) is 5.45. The SMILES string of the molecule is C=CC1CCC(/C=C/c2cc3c(c(F)c2F)Oc2c(ccc(OCC)c2F)C3)CO1. The van der Waals surface area contributed by atoms with Crippen LogP contribution in [0.3, 0.4) is 0 Å². The smallest absolute Gasteiger partial charge is 0.207 e. The molecule has 2 aliphatic heterocycles. The highest BCUT2D eigenvalue weighted by molar-refractivity contribution is 5.60. The molecule has 0 N–H and O–H groups in total. The average Bonchev–Trinajstić information content (AvgIpc) is 2.77. The van der Waals surface area contributed by atoms with Crippen molar-refractivity contribution in [3.8, 4) is 17.2 Å². The number of fused-ring (bicyclic) bond motifs is 2. The minimum Gasteiger partial charge on any atom is -0.491 e. The Hall–Kier alpha value is -2.73. The fourth-order valence-corrected chi connectivity index (χ4v) is 3.82. The number of hydrogen-bond donors (Lipinski definition) is 0. The third-order valence-corrected chi connectivity index (χ3v) is 5.45. The van der Waals surface area contributed by atoms with Crippen LogP contribution < -0.4 is 9.47 Å². The highest BCUT2D eigenvalue weighted by Crippen LogP contribution is 2.43. The Morgan fingerprint density at radius 3 is 2.60 bits per heavy atom. The molecule has 2 heterocycles. The molecule has 4 rings (SSSR count). The minimum absolute atomic E-state index is 0.0218. The molecule has 3 nitrogen and oxygen atoms in total. The van der Waals surface area contributed by atoms with Gasteiger partial charge in [-0.1, -0.05) is 24.3 Å². The first-order valence-corrected chi connectivity index (χ1v) is 10.1. The summed E-state index contributed by atoms with van der Waals surface area (Å²) in [5, 5.41) is 0. The number of halogens is 3. The second-order valence-electron chi connectivity index (χ2n) is 7.46. The van der Waals surface area contributed by atoms with Crippen LogP contribution in [0.4, 0.5) is 13.2 Å². The second kappa shape index (κ2) is 8.56. The lowest BCUT2D eigenvalue weighted by Crippen LogP contribution is -2.22. The van der Waals surface area contributed by atoms with E-state index in [0.29, 0.717) is 17.7 Å². The molecule has 6 heteroatoms. The van der Waals surface area contributed by atoms with Crippen molar-refractivity contribution in [2.75, 3.05) is 13.2 Å². The van der Waals surface area contributed by atoms with Crippen molar-refractivity contribution in [3.05, 3.63) is 71.1 Å². The lowest BCUT2D eigenvalue weighted by Gasteiger charge is -2.25. The topological polar surface area (TPSA) is 27.7 Å². The van der Waals surface area contributed by atoms with Gasteiger partial charge in [-0.2, -0.15) is 8.78 Å². The van der Waals surface area contributed by atoms with E-state index in [4.69, 9.17) is 14.2 Å². The summed E-state index contributed by atoms with van der Waals surface area (Å²) in [7, 11) is 0. The van der Waals surface area contributed by atoms with Crippen LogP contribution in [0.25, 0.3) is 6.08 Å². The number of rotatable bonds is 5. The molecule has 0 radical (unpaired) electrons. The predicted molar refractivity (Wildman–Crippen MR) is 109 cm³/mol. The summed E-state index contributed by atoms with van der Waals surface area (Å²) in [5.41, 5.74) is 1.16. The first-order chi connectivity index (χ1) is 14.5. The molecule has 0 spiro atoms. The first kappa shape index (κ1) is 20.5. The zero-order valence-electron chi connectivity index (χ0n) is 16.7. The van der Waals surface area contributed by atoms with Gasteiger partial charge in [0.05, 0.1) is 19.3 Å². The van der Waals surface area contributed by atoms with Crippen molar-refractivity contribution in [1.29, 1.82) is 0 Å². The molecular formula is C24H23F3O3. The Morgan fingerprint density at radius 1 is 1.10 bits per heavy atom. The van der Waals surface area contributed by atoms with Crippen molar-refractivity contribution < 1.29 is 27.4 Å². The largest absolute Gasteiger partial charge is 0.491 e. The van der Waals surface area contributed by atoms with Crippen LogP contribution in [0, 0.1) is 23.4 Å². The van der Waals surface area contributed by atoms with Crippen molar-refractivity contribution >= 4 is 6.08 Å². The van der Waals surface area contributed by atoms with Crippen molar-refractivity contribution in [3.63, 3.8) is 0 Å². The molecule has 2 aromatic rings. The van der Waals surface area contributed by atoms with Gasteiger partial charge in [0, 0.05) is 29.0 Å². The predicted octanol–water partition coefficient (Wildman–Crippen LogP) is 6.19. The van der Waals surface area contributed by atoms with Gasteiger partial charge < -0.3 is 14.2 Å². The van der Waals surface area contributed by atoms with Crippen LogP contribution in [0.5, 0.6) is 17.2 Å². The van der Waals surface area contributed by atoms with E-state index < -0.39 is 17.5 Å².